The maximum Gasteiger partial charge on any atom is 0.222 e. The summed E-state index contributed by atoms with van der Waals surface area (Å²) in [6.45, 7) is 2.79. The molecule has 3 nitrogen and oxygen atoms in total. The van der Waals surface area contributed by atoms with Crippen molar-refractivity contribution < 1.29 is 9.53 Å². The van der Waals surface area contributed by atoms with E-state index in [1.807, 2.05) is 12.1 Å². The lowest BCUT2D eigenvalue weighted by Gasteiger charge is -2.11. The third-order valence-corrected chi connectivity index (χ3v) is 3.02. The largest absolute Gasteiger partial charge is 0.494 e. The summed E-state index contributed by atoms with van der Waals surface area (Å²) in [5.74, 6) is 1.06. The van der Waals surface area contributed by atoms with Gasteiger partial charge in [-0.15, -0.1) is 0 Å². The van der Waals surface area contributed by atoms with Gasteiger partial charge in [-0.3, -0.25) is 4.79 Å². The van der Waals surface area contributed by atoms with Crippen LogP contribution in [-0.4, -0.2) is 31.5 Å². The Morgan fingerprint density at radius 1 is 1.26 bits per heavy atom. The van der Waals surface area contributed by atoms with Crippen LogP contribution < -0.4 is 4.74 Å². The van der Waals surface area contributed by atoms with Crippen LogP contribution in [0, 0.1) is 0 Å². The van der Waals surface area contributed by atoms with E-state index in [4.69, 9.17) is 4.74 Å². The smallest absolute Gasteiger partial charge is 0.222 e. The van der Waals surface area contributed by atoms with Crippen molar-refractivity contribution in [3.8, 4) is 5.75 Å². The molecule has 1 aromatic carbocycles. The number of rotatable bonds is 8. The standard InChI is InChI=1S/C16H25NO2/c1-4-5-8-14-9-6-10-15(13-14)19-12-7-11-16(18)17(2)3/h6,9-10,13H,4-5,7-8,11-12H2,1-3H3. The molecule has 0 N–H and O–H groups in total. The lowest BCUT2D eigenvalue weighted by molar-refractivity contribution is -0.128. The summed E-state index contributed by atoms with van der Waals surface area (Å²) < 4.78 is 5.69. The summed E-state index contributed by atoms with van der Waals surface area (Å²) in [7, 11) is 3.56. The third-order valence-electron chi connectivity index (χ3n) is 3.02. The maximum absolute atomic E-state index is 11.4. The van der Waals surface area contributed by atoms with Gasteiger partial charge in [-0.2, -0.15) is 0 Å². The fraction of sp³-hybridized carbons (Fsp3) is 0.562. The highest BCUT2D eigenvalue weighted by atomic mass is 16.5. The third kappa shape index (κ3) is 6.27. The summed E-state index contributed by atoms with van der Waals surface area (Å²) in [6.07, 6.45) is 4.82. The molecule has 0 radical (unpaired) electrons. The molecule has 1 amide bonds. The lowest BCUT2D eigenvalue weighted by atomic mass is 10.1. The van der Waals surface area contributed by atoms with Crippen molar-refractivity contribution in [3.05, 3.63) is 29.8 Å². The summed E-state index contributed by atoms with van der Waals surface area (Å²) in [4.78, 5) is 13.0. The highest BCUT2D eigenvalue weighted by Crippen LogP contribution is 2.15. The normalized spacial score (nSPS) is 10.3. The van der Waals surface area contributed by atoms with E-state index >= 15 is 0 Å². The molecule has 0 aliphatic heterocycles. The van der Waals surface area contributed by atoms with Crippen LogP contribution in [0.25, 0.3) is 0 Å². The Labute approximate surface area is 116 Å². The van der Waals surface area contributed by atoms with Gasteiger partial charge in [0.2, 0.25) is 5.91 Å². The van der Waals surface area contributed by atoms with Gasteiger partial charge >= 0.3 is 0 Å². The van der Waals surface area contributed by atoms with Crippen molar-refractivity contribution in [2.75, 3.05) is 20.7 Å². The van der Waals surface area contributed by atoms with E-state index in [0.717, 1.165) is 18.6 Å². The number of nitrogens with zero attached hydrogens (tertiary/aromatic N) is 1. The van der Waals surface area contributed by atoms with E-state index in [9.17, 15) is 4.79 Å². The van der Waals surface area contributed by atoms with Crippen LogP contribution in [0.1, 0.15) is 38.2 Å². The summed E-state index contributed by atoms with van der Waals surface area (Å²) in [5, 5.41) is 0. The molecular weight excluding hydrogens is 238 g/mol. The number of unbranched alkanes of at least 4 members (excludes halogenated alkanes) is 1. The van der Waals surface area contributed by atoms with Gasteiger partial charge in [-0.25, -0.2) is 0 Å². The summed E-state index contributed by atoms with van der Waals surface area (Å²) >= 11 is 0. The fourth-order valence-electron chi connectivity index (χ4n) is 1.81. The fourth-order valence-corrected chi connectivity index (χ4v) is 1.81. The molecule has 0 unspecified atom stereocenters. The van der Waals surface area contributed by atoms with Crippen LogP contribution in [0.5, 0.6) is 5.75 Å². The molecule has 0 aliphatic carbocycles. The van der Waals surface area contributed by atoms with Crippen molar-refractivity contribution in [2.24, 2.45) is 0 Å². The lowest BCUT2D eigenvalue weighted by Crippen LogP contribution is -2.21. The molecule has 19 heavy (non-hydrogen) atoms. The Morgan fingerprint density at radius 2 is 2.05 bits per heavy atom. The predicted octanol–water partition coefficient (Wildman–Crippen LogP) is 3.28. The minimum atomic E-state index is 0.153. The molecule has 0 heterocycles. The number of benzene rings is 1. The Bertz CT molecular complexity index is 388. The molecule has 0 spiro atoms. The zero-order chi connectivity index (χ0) is 14.1. The second kappa shape index (κ2) is 8.57. The Kier molecular flexibility index (Phi) is 7.01. The van der Waals surface area contributed by atoms with Crippen LogP contribution in [0.3, 0.4) is 0 Å². The molecule has 0 saturated heterocycles. The molecule has 0 atom stereocenters. The molecular formula is C16H25NO2. The van der Waals surface area contributed by atoms with E-state index in [2.05, 4.69) is 19.1 Å². The average molecular weight is 263 g/mol. The molecule has 1 rings (SSSR count). The highest BCUT2D eigenvalue weighted by molar-refractivity contribution is 5.75. The van der Waals surface area contributed by atoms with Gasteiger partial charge in [0.25, 0.3) is 0 Å². The summed E-state index contributed by atoms with van der Waals surface area (Å²) in [5.41, 5.74) is 1.32. The van der Waals surface area contributed by atoms with E-state index in [1.54, 1.807) is 19.0 Å². The number of amides is 1. The van der Waals surface area contributed by atoms with Crippen LogP contribution in [0.4, 0.5) is 0 Å². The second-order valence-electron chi connectivity index (χ2n) is 4.99. The number of carbonyl (C=O) groups excluding carboxylic acids is 1. The van der Waals surface area contributed by atoms with Crippen molar-refractivity contribution in [1.29, 1.82) is 0 Å². The molecule has 0 bridgehead atoms. The Hall–Kier alpha value is -1.51. The van der Waals surface area contributed by atoms with Crippen molar-refractivity contribution in [3.63, 3.8) is 0 Å². The van der Waals surface area contributed by atoms with Gasteiger partial charge < -0.3 is 9.64 Å². The molecule has 0 aliphatic rings. The van der Waals surface area contributed by atoms with Crippen LogP contribution in [0.2, 0.25) is 0 Å². The first-order valence-electron chi connectivity index (χ1n) is 7.05. The van der Waals surface area contributed by atoms with Gasteiger partial charge in [0.05, 0.1) is 6.61 Å². The van der Waals surface area contributed by atoms with Gasteiger partial charge in [0, 0.05) is 20.5 Å². The van der Waals surface area contributed by atoms with Gasteiger partial charge in [-0.1, -0.05) is 25.5 Å². The second-order valence-corrected chi connectivity index (χ2v) is 4.99. The first-order valence-corrected chi connectivity index (χ1v) is 7.05. The molecule has 0 fully saturated rings. The topological polar surface area (TPSA) is 29.5 Å². The minimum absolute atomic E-state index is 0.153. The zero-order valence-electron chi connectivity index (χ0n) is 12.3. The quantitative estimate of drug-likeness (QED) is 0.674. The van der Waals surface area contributed by atoms with Crippen LogP contribution in [-0.2, 0) is 11.2 Å². The van der Waals surface area contributed by atoms with Crippen LogP contribution in [0.15, 0.2) is 24.3 Å². The Morgan fingerprint density at radius 3 is 2.74 bits per heavy atom. The van der Waals surface area contributed by atoms with E-state index in [0.29, 0.717) is 13.0 Å². The predicted molar refractivity (Wildman–Crippen MR) is 78.5 cm³/mol. The van der Waals surface area contributed by atoms with Crippen LogP contribution >= 0.6 is 0 Å². The number of hydrogen-bond donors (Lipinski definition) is 0. The number of ether oxygens (including phenoxy) is 1. The maximum atomic E-state index is 11.4. The van der Waals surface area contributed by atoms with Gasteiger partial charge in [0.1, 0.15) is 5.75 Å². The van der Waals surface area contributed by atoms with Crippen molar-refractivity contribution >= 4 is 5.91 Å². The van der Waals surface area contributed by atoms with E-state index in [-0.39, 0.29) is 5.91 Å². The minimum Gasteiger partial charge on any atom is -0.494 e. The highest BCUT2D eigenvalue weighted by Gasteiger charge is 2.03. The number of aryl methyl sites for hydroxylation is 1. The molecule has 3 heteroatoms. The monoisotopic (exact) mass is 263 g/mol. The molecule has 0 aromatic heterocycles. The first kappa shape index (κ1) is 15.5. The van der Waals surface area contributed by atoms with Gasteiger partial charge in [0.15, 0.2) is 0 Å². The molecule has 1 aromatic rings. The van der Waals surface area contributed by atoms with Gasteiger partial charge in [-0.05, 0) is 37.0 Å². The first-order chi connectivity index (χ1) is 9.13. The average Bonchev–Trinajstić information content (AvgIpc) is 2.41. The summed E-state index contributed by atoms with van der Waals surface area (Å²) in [6, 6.07) is 8.25. The van der Waals surface area contributed by atoms with Crippen molar-refractivity contribution in [2.45, 2.75) is 39.0 Å². The molecule has 106 valence electrons. The zero-order valence-corrected chi connectivity index (χ0v) is 12.3. The number of carbonyl (C=O) groups is 1. The van der Waals surface area contributed by atoms with Crippen molar-refractivity contribution in [1.82, 2.24) is 4.90 Å². The Balaban J connectivity index is 2.31. The SMILES string of the molecule is CCCCc1cccc(OCCCC(=O)N(C)C)c1. The van der Waals surface area contributed by atoms with E-state index < -0.39 is 0 Å². The number of hydrogen-bond acceptors (Lipinski definition) is 2. The van der Waals surface area contributed by atoms with E-state index in [1.165, 1.54) is 18.4 Å². The molecule has 0 saturated carbocycles.